The molecular formula is C24H29NO9S. The molecule has 35 heavy (non-hydrogen) atoms. The smallest absolute Gasteiger partial charge is 0.333 e. The molecule has 4 rings (SSSR count). The Bertz CT molecular complexity index is 1110. The van der Waals surface area contributed by atoms with Crippen LogP contribution < -0.4 is 0 Å². The summed E-state index contributed by atoms with van der Waals surface area (Å²) in [5, 5.41) is -1.01. The van der Waals surface area contributed by atoms with Gasteiger partial charge < -0.3 is 19.1 Å². The molecule has 0 unspecified atom stereocenters. The van der Waals surface area contributed by atoms with Gasteiger partial charge in [-0.2, -0.15) is 0 Å². The number of amides is 1. The quantitative estimate of drug-likeness (QED) is 0.307. The summed E-state index contributed by atoms with van der Waals surface area (Å²) >= 11 is 0. The van der Waals surface area contributed by atoms with E-state index in [1.54, 1.807) is 0 Å². The lowest BCUT2D eigenvalue weighted by Gasteiger charge is -2.36. The first kappa shape index (κ1) is 25.2. The van der Waals surface area contributed by atoms with Crippen molar-refractivity contribution in [1.82, 2.24) is 4.90 Å². The van der Waals surface area contributed by atoms with Crippen LogP contribution in [0.3, 0.4) is 0 Å². The van der Waals surface area contributed by atoms with Crippen LogP contribution in [0.2, 0.25) is 0 Å². The van der Waals surface area contributed by atoms with E-state index in [2.05, 4.69) is 0 Å². The average molecular weight is 508 g/mol. The minimum atomic E-state index is -3.72. The SMILES string of the molecule is CC1(C)[C@H](C(=O)OCOC(=O)C2CCC(C(=O)OCc3ccccc3)CC2)N2C(=O)C[C@H]2S1(=O)=O. The fraction of sp³-hybridized carbons (Fsp3) is 0.583. The summed E-state index contributed by atoms with van der Waals surface area (Å²) in [4.78, 5) is 50.3. The molecule has 0 radical (unpaired) electrons. The van der Waals surface area contributed by atoms with Gasteiger partial charge in [-0.25, -0.2) is 13.2 Å². The van der Waals surface area contributed by atoms with E-state index < -0.39 is 56.6 Å². The monoisotopic (exact) mass is 507 g/mol. The molecule has 11 heteroatoms. The Morgan fingerprint density at radius 3 is 2.03 bits per heavy atom. The summed E-state index contributed by atoms with van der Waals surface area (Å²) in [6.45, 7) is 2.30. The molecule has 2 heterocycles. The molecule has 0 spiro atoms. The van der Waals surface area contributed by atoms with Crippen molar-refractivity contribution in [2.24, 2.45) is 11.8 Å². The van der Waals surface area contributed by atoms with Crippen LogP contribution in [-0.2, 0) is 49.8 Å². The Hall–Kier alpha value is -2.95. The van der Waals surface area contributed by atoms with Crippen molar-refractivity contribution in [2.45, 2.75) is 68.7 Å². The highest BCUT2D eigenvalue weighted by Crippen LogP contribution is 2.46. The molecule has 10 nitrogen and oxygen atoms in total. The molecule has 2 aliphatic heterocycles. The summed E-state index contributed by atoms with van der Waals surface area (Å²) in [6, 6.07) is 8.09. The zero-order valence-corrected chi connectivity index (χ0v) is 20.5. The first-order valence-corrected chi connectivity index (χ1v) is 13.2. The fourth-order valence-electron chi connectivity index (χ4n) is 4.96. The zero-order valence-electron chi connectivity index (χ0n) is 19.7. The van der Waals surface area contributed by atoms with E-state index in [4.69, 9.17) is 14.2 Å². The number of rotatable bonds is 7. The maximum absolute atomic E-state index is 12.6. The molecule has 3 aliphatic rings. The third-order valence-corrected chi connectivity index (χ3v) is 10.0. The van der Waals surface area contributed by atoms with Gasteiger partial charge in [-0.15, -0.1) is 0 Å². The lowest BCUT2D eigenvalue weighted by molar-refractivity contribution is -0.178. The largest absolute Gasteiger partial charge is 0.461 e. The van der Waals surface area contributed by atoms with Gasteiger partial charge >= 0.3 is 17.9 Å². The summed E-state index contributed by atoms with van der Waals surface area (Å²) in [5.41, 5.74) is 0.903. The molecule has 2 saturated heterocycles. The number of hydrogen-bond donors (Lipinski definition) is 0. The summed E-state index contributed by atoms with van der Waals surface area (Å²) in [5.74, 6) is -2.91. The number of carbonyl (C=O) groups excluding carboxylic acids is 4. The predicted molar refractivity (Wildman–Crippen MR) is 121 cm³/mol. The van der Waals surface area contributed by atoms with Gasteiger partial charge in [0.15, 0.2) is 9.84 Å². The van der Waals surface area contributed by atoms with E-state index in [1.165, 1.54) is 13.8 Å². The van der Waals surface area contributed by atoms with Gasteiger partial charge in [0.2, 0.25) is 12.7 Å². The molecule has 0 aromatic heterocycles. The number of β-lactam (4-membered cyclic amide) rings is 1. The number of carbonyl (C=O) groups is 4. The van der Waals surface area contributed by atoms with E-state index >= 15 is 0 Å². The second-order valence-corrected chi connectivity index (χ2v) is 12.4. The molecular weight excluding hydrogens is 478 g/mol. The number of ether oxygens (including phenoxy) is 3. The second-order valence-electron chi connectivity index (χ2n) is 9.70. The van der Waals surface area contributed by atoms with Gasteiger partial charge in [-0.1, -0.05) is 30.3 Å². The van der Waals surface area contributed by atoms with Crippen molar-refractivity contribution in [1.29, 1.82) is 0 Å². The fourth-order valence-corrected chi connectivity index (χ4v) is 7.09. The van der Waals surface area contributed by atoms with Gasteiger partial charge in [-0.05, 0) is 45.1 Å². The van der Waals surface area contributed by atoms with E-state index in [0.29, 0.717) is 25.7 Å². The van der Waals surface area contributed by atoms with Crippen molar-refractivity contribution in [2.75, 3.05) is 6.79 Å². The lowest BCUT2D eigenvalue weighted by Crippen LogP contribution is -2.57. The number of esters is 3. The molecule has 1 aliphatic carbocycles. The van der Waals surface area contributed by atoms with Gasteiger partial charge in [0, 0.05) is 0 Å². The van der Waals surface area contributed by atoms with E-state index in [-0.39, 0.29) is 24.9 Å². The number of fused-ring (bicyclic) bond motifs is 1. The maximum Gasteiger partial charge on any atom is 0.333 e. The number of nitrogens with zero attached hydrogens (tertiary/aromatic N) is 1. The van der Waals surface area contributed by atoms with E-state index in [0.717, 1.165) is 10.5 Å². The van der Waals surface area contributed by atoms with Crippen LogP contribution >= 0.6 is 0 Å². The van der Waals surface area contributed by atoms with Gasteiger partial charge in [0.05, 0.1) is 23.0 Å². The minimum Gasteiger partial charge on any atom is -0.461 e. The van der Waals surface area contributed by atoms with Crippen molar-refractivity contribution in [3.8, 4) is 0 Å². The third kappa shape index (κ3) is 4.65. The topological polar surface area (TPSA) is 133 Å². The standard InChI is InChI=1S/C24H29NO9S/c1-24(2)20(25-18(26)12-19(25)35(24,30)31)23(29)34-14-33-22(28)17-10-8-16(9-11-17)21(27)32-13-15-6-4-3-5-7-15/h3-7,16-17,19-20H,8-14H2,1-2H3/t16?,17?,19-,20+/m1/s1. The van der Waals surface area contributed by atoms with Crippen LogP contribution in [-0.4, -0.2) is 60.1 Å². The molecule has 1 aromatic rings. The van der Waals surface area contributed by atoms with Crippen LogP contribution in [0.15, 0.2) is 30.3 Å². The average Bonchev–Trinajstić information content (AvgIpc) is 2.96. The molecule has 0 bridgehead atoms. The second kappa shape index (κ2) is 9.60. The Morgan fingerprint density at radius 2 is 1.46 bits per heavy atom. The first-order valence-electron chi connectivity index (χ1n) is 11.6. The van der Waals surface area contributed by atoms with Crippen LogP contribution in [0.1, 0.15) is 51.5 Å². The number of sulfone groups is 1. The minimum absolute atomic E-state index is 0.146. The van der Waals surface area contributed by atoms with Gasteiger partial charge in [0.1, 0.15) is 18.0 Å². The summed E-state index contributed by atoms with van der Waals surface area (Å²) < 4.78 is 39.2. The maximum atomic E-state index is 12.6. The zero-order chi connectivity index (χ0) is 25.4. The van der Waals surface area contributed by atoms with Crippen molar-refractivity contribution < 1.29 is 41.8 Å². The highest BCUT2D eigenvalue weighted by Gasteiger charge is 2.68. The van der Waals surface area contributed by atoms with Crippen LogP contribution in [0.5, 0.6) is 0 Å². The molecule has 1 saturated carbocycles. The van der Waals surface area contributed by atoms with Crippen molar-refractivity contribution >= 4 is 33.7 Å². The predicted octanol–water partition coefficient (Wildman–Crippen LogP) is 1.71. The Kier molecular flexibility index (Phi) is 6.90. The molecule has 3 fully saturated rings. The Labute approximate surface area is 203 Å². The highest BCUT2D eigenvalue weighted by molar-refractivity contribution is 7.93. The lowest BCUT2D eigenvalue weighted by atomic mass is 9.82. The Balaban J connectivity index is 1.20. The normalized spacial score (nSPS) is 28.4. The molecule has 1 amide bonds. The van der Waals surface area contributed by atoms with E-state index in [9.17, 15) is 27.6 Å². The van der Waals surface area contributed by atoms with Crippen LogP contribution in [0, 0.1) is 11.8 Å². The van der Waals surface area contributed by atoms with Gasteiger partial charge in [-0.3, -0.25) is 14.4 Å². The summed E-state index contributed by atoms with van der Waals surface area (Å²) in [6.07, 6.45) is 1.71. The molecule has 1 aromatic carbocycles. The molecule has 2 atom stereocenters. The van der Waals surface area contributed by atoms with Crippen LogP contribution in [0.4, 0.5) is 0 Å². The molecule has 190 valence electrons. The number of benzene rings is 1. The molecule has 0 N–H and O–H groups in total. The van der Waals surface area contributed by atoms with Crippen LogP contribution in [0.25, 0.3) is 0 Å². The van der Waals surface area contributed by atoms with Crippen molar-refractivity contribution in [3.63, 3.8) is 0 Å². The summed E-state index contributed by atoms with van der Waals surface area (Å²) in [7, 11) is -3.72. The van der Waals surface area contributed by atoms with E-state index in [1.807, 2.05) is 30.3 Å². The first-order chi connectivity index (χ1) is 16.5. The van der Waals surface area contributed by atoms with Crippen molar-refractivity contribution in [3.05, 3.63) is 35.9 Å². The highest BCUT2D eigenvalue weighted by atomic mass is 32.2. The number of hydrogen-bond acceptors (Lipinski definition) is 9. The van der Waals surface area contributed by atoms with Gasteiger partial charge in [0.25, 0.3) is 0 Å². The Morgan fingerprint density at radius 1 is 0.914 bits per heavy atom. The third-order valence-electron chi connectivity index (χ3n) is 7.22.